The standard InChI is InChI=1S/C15H12N2O6S/c1-23-13-7-11(5-10(8-16)14(13)18)17-24(21,22)12-4-2-3-9(6-12)15(19)20/h2-7,17-18H,1H3,(H,19,20). The number of carboxylic acid groups (broad SMARTS) is 1. The molecule has 2 rings (SSSR count). The summed E-state index contributed by atoms with van der Waals surface area (Å²) in [5.74, 6) is -1.74. The summed E-state index contributed by atoms with van der Waals surface area (Å²) < 4.78 is 31.8. The molecule has 0 unspecified atom stereocenters. The Morgan fingerprint density at radius 1 is 1.29 bits per heavy atom. The van der Waals surface area contributed by atoms with Crippen molar-refractivity contribution in [3.8, 4) is 17.6 Å². The molecule has 0 fully saturated rings. The minimum Gasteiger partial charge on any atom is -0.503 e. The fourth-order valence-electron chi connectivity index (χ4n) is 1.92. The van der Waals surface area contributed by atoms with Gasteiger partial charge in [0.2, 0.25) is 0 Å². The molecule has 0 atom stereocenters. The Morgan fingerprint density at radius 2 is 2.00 bits per heavy atom. The summed E-state index contributed by atoms with van der Waals surface area (Å²) in [4.78, 5) is 10.7. The van der Waals surface area contributed by atoms with Crippen molar-refractivity contribution in [2.75, 3.05) is 11.8 Å². The van der Waals surface area contributed by atoms with Crippen molar-refractivity contribution in [3.63, 3.8) is 0 Å². The second-order valence-corrected chi connectivity index (χ2v) is 6.31. The first kappa shape index (κ1) is 17.1. The molecule has 2 aromatic rings. The molecular formula is C15H12N2O6S. The minimum absolute atomic E-state index is 0.0121. The van der Waals surface area contributed by atoms with Gasteiger partial charge in [-0.15, -0.1) is 0 Å². The van der Waals surface area contributed by atoms with Crippen LogP contribution in [0.2, 0.25) is 0 Å². The number of phenols is 1. The van der Waals surface area contributed by atoms with Gasteiger partial charge in [-0.25, -0.2) is 13.2 Å². The normalized spacial score (nSPS) is 10.7. The minimum atomic E-state index is -4.09. The highest BCUT2D eigenvalue weighted by molar-refractivity contribution is 7.92. The molecule has 0 heterocycles. The number of nitriles is 1. The highest BCUT2D eigenvalue weighted by Crippen LogP contribution is 2.33. The molecule has 0 saturated heterocycles. The monoisotopic (exact) mass is 348 g/mol. The number of carbonyl (C=O) groups is 1. The Kier molecular flexibility index (Phi) is 4.61. The van der Waals surface area contributed by atoms with E-state index in [1.165, 1.54) is 31.4 Å². The number of phenolic OH excluding ortho intramolecular Hbond substituents is 1. The summed E-state index contributed by atoms with van der Waals surface area (Å²) in [5, 5.41) is 27.6. The van der Waals surface area contributed by atoms with E-state index in [0.29, 0.717) is 0 Å². The molecule has 0 amide bonds. The molecule has 0 bridgehead atoms. The number of anilines is 1. The molecule has 3 N–H and O–H groups in total. The van der Waals surface area contributed by atoms with Crippen LogP contribution < -0.4 is 9.46 Å². The number of aromatic hydroxyl groups is 1. The molecule has 0 radical (unpaired) electrons. The molecule has 0 spiro atoms. The number of sulfonamides is 1. The molecule has 9 heteroatoms. The van der Waals surface area contributed by atoms with Crippen molar-refractivity contribution < 1.29 is 28.2 Å². The molecule has 0 aliphatic rings. The van der Waals surface area contributed by atoms with E-state index in [-0.39, 0.29) is 27.5 Å². The first-order chi connectivity index (χ1) is 11.3. The zero-order chi connectivity index (χ0) is 17.9. The Bertz CT molecular complexity index is 947. The zero-order valence-electron chi connectivity index (χ0n) is 12.3. The van der Waals surface area contributed by atoms with E-state index in [9.17, 15) is 18.3 Å². The van der Waals surface area contributed by atoms with Crippen molar-refractivity contribution in [2.45, 2.75) is 4.90 Å². The maximum absolute atomic E-state index is 12.4. The predicted molar refractivity (Wildman–Crippen MR) is 83.6 cm³/mol. The van der Waals surface area contributed by atoms with Gasteiger partial charge in [0.1, 0.15) is 6.07 Å². The fourth-order valence-corrected chi connectivity index (χ4v) is 3.00. The maximum atomic E-state index is 12.4. The van der Waals surface area contributed by atoms with Gasteiger partial charge in [0, 0.05) is 6.07 Å². The lowest BCUT2D eigenvalue weighted by molar-refractivity contribution is 0.0696. The molecule has 124 valence electrons. The molecule has 2 aromatic carbocycles. The Morgan fingerprint density at radius 3 is 2.58 bits per heavy atom. The van der Waals surface area contributed by atoms with Crippen LogP contribution in [0.1, 0.15) is 15.9 Å². The van der Waals surface area contributed by atoms with Crippen LogP contribution in [0.3, 0.4) is 0 Å². The number of methoxy groups -OCH3 is 1. The maximum Gasteiger partial charge on any atom is 0.335 e. The Hall–Kier alpha value is -3.25. The van der Waals surface area contributed by atoms with Gasteiger partial charge in [-0.1, -0.05) is 6.07 Å². The van der Waals surface area contributed by atoms with Crippen LogP contribution in [-0.4, -0.2) is 31.7 Å². The number of ether oxygens (including phenoxy) is 1. The molecule has 8 nitrogen and oxygen atoms in total. The molecule has 0 aliphatic heterocycles. The van der Waals surface area contributed by atoms with Crippen LogP contribution in [0.5, 0.6) is 11.5 Å². The third kappa shape index (κ3) is 3.39. The molecule has 24 heavy (non-hydrogen) atoms. The third-order valence-electron chi connectivity index (χ3n) is 3.06. The van der Waals surface area contributed by atoms with E-state index in [2.05, 4.69) is 4.72 Å². The van der Waals surface area contributed by atoms with E-state index in [4.69, 9.17) is 15.1 Å². The van der Waals surface area contributed by atoms with E-state index in [1.54, 1.807) is 6.07 Å². The van der Waals surface area contributed by atoms with Crippen LogP contribution in [0.4, 0.5) is 5.69 Å². The van der Waals surface area contributed by atoms with E-state index >= 15 is 0 Å². The van der Waals surface area contributed by atoms with Gasteiger partial charge < -0.3 is 14.9 Å². The lowest BCUT2D eigenvalue weighted by Crippen LogP contribution is -2.14. The number of nitrogens with zero attached hydrogens (tertiary/aromatic N) is 1. The van der Waals surface area contributed by atoms with E-state index in [1.807, 2.05) is 0 Å². The number of aromatic carboxylic acids is 1. The van der Waals surface area contributed by atoms with Crippen LogP contribution in [-0.2, 0) is 10.0 Å². The number of carboxylic acids is 1. The van der Waals surface area contributed by atoms with Crippen LogP contribution >= 0.6 is 0 Å². The second kappa shape index (κ2) is 6.47. The number of nitrogens with one attached hydrogen (secondary N) is 1. The van der Waals surface area contributed by atoms with Crippen LogP contribution in [0.25, 0.3) is 0 Å². The van der Waals surface area contributed by atoms with Gasteiger partial charge >= 0.3 is 5.97 Å². The summed E-state index contributed by atoms with van der Waals surface area (Å²) >= 11 is 0. The summed E-state index contributed by atoms with van der Waals surface area (Å²) in [5.41, 5.74) is -0.368. The molecule has 0 aliphatic carbocycles. The third-order valence-corrected chi connectivity index (χ3v) is 4.44. The number of hydrogen-bond acceptors (Lipinski definition) is 6. The van der Waals surface area contributed by atoms with Crippen molar-refractivity contribution in [1.29, 1.82) is 5.26 Å². The van der Waals surface area contributed by atoms with Crippen molar-refractivity contribution >= 4 is 21.7 Å². The molecule has 0 saturated carbocycles. The van der Waals surface area contributed by atoms with Gasteiger partial charge in [-0.05, 0) is 24.3 Å². The van der Waals surface area contributed by atoms with Gasteiger partial charge in [0.05, 0.1) is 28.8 Å². The summed E-state index contributed by atoms with van der Waals surface area (Å²) in [6, 6.07) is 8.86. The van der Waals surface area contributed by atoms with E-state index < -0.39 is 21.7 Å². The Balaban J connectivity index is 2.45. The van der Waals surface area contributed by atoms with Crippen molar-refractivity contribution in [1.82, 2.24) is 0 Å². The van der Waals surface area contributed by atoms with E-state index in [0.717, 1.165) is 12.1 Å². The van der Waals surface area contributed by atoms with Gasteiger partial charge in [0.15, 0.2) is 11.5 Å². The largest absolute Gasteiger partial charge is 0.503 e. The quantitative estimate of drug-likeness (QED) is 0.700. The number of rotatable bonds is 5. The fraction of sp³-hybridized carbons (Fsp3) is 0.0667. The SMILES string of the molecule is COc1cc(NS(=O)(=O)c2cccc(C(=O)O)c2)cc(C#N)c1O. The first-order valence-corrected chi connectivity index (χ1v) is 7.94. The first-order valence-electron chi connectivity index (χ1n) is 6.45. The summed E-state index contributed by atoms with van der Waals surface area (Å²) in [7, 11) is -2.84. The van der Waals surface area contributed by atoms with Gasteiger partial charge in [-0.2, -0.15) is 5.26 Å². The summed E-state index contributed by atoms with van der Waals surface area (Å²) in [6.45, 7) is 0. The lowest BCUT2D eigenvalue weighted by atomic mass is 10.2. The lowest BCUT2D eigenvalue weighted by Gasteiger charge is -2.11. The summed E-state index contributed by atoms with van der Waals surface area (Å²) in [6.07, 6.45) is 0. The zero-order valence-corrected chi connectivity index (χ0v) is 13.2. The predicted octanol–water partition coefficient (Wildman–Crippen LogP) is 1.77. The van der Waals surface area contributed by atoms with Gasteiger partial charge in [-0.3, -0.25) is 4.72 Å². The van der Waals surface area contributed by atoms with Crippen LogP contribution in [0.15, 0.2) is 41.3 Å². The molecule has 0 aromatic heterocycles. The highest BCUT2D eigenvalue weighted by atomic mass is 32.2. The smallest absolute Gasteiger partial charge is 0.335 e. The Labute approximate surface area is 137 Å². The van der Waals surface area contributed by atoms with Crippen molar-refractivity contribution in [2.24, 2.45) is 0 Å². The topological polar surface area (TPSA) is 137 Å². The van der Waals surface area contributed by atoms with Crippen molar-refractivity contribution in [3.05, 3.63) is 47.5 Å². The average Bonchev–Trinajstić information content (AvgIpc) is 2.56. The van der Waals surface area contributed by atoms with Gasteiger partial charge in [0.25, 0.3) is 10.0 Å². The molecular weight excluding hydrogens is 336 g/mol. The number of hydrogen-bond donors (Lipinski definition) is 3. The second-order valence-electron chi connectivity index (χ2n) is 4.62. The van der Waals surface area contributed by atoms with Crippen LogP contribution in [0, 0.1) is 11.3 Å². The highest BCUT2D eigenvalue weighted by Gasteiger charge is 2.18. The number of benzene rings is 2. The average molecular weight is 348 g/mol.